The Morgan fingerprint density at radius 1 is 0.982 bits per heavy atom. The highest BCUT2D eigenvalue weighted by atomic mass is 32.2. The zero-order valence-electron chi connectivity index (χ0n) is 32.3. The fourth-order valence-electron chi connectivity index (χ4n) is 6.59. The van der Waals surface area contributed by atoms with Gasteiger partial charge in [0.25, 0.3) is 5.91 Å². The van der Waals surface area contributed by atoms with E-state index < -0.39 is 85.8 Å². The first-order valence-electron chi connectivity index (χ1n) is 18.3. The number of ether oxygens (including phenoxy) is 2. The molecule has 2 aromatic carbocycles. The molecule has 0 aromatic heterocycles. The zero-order valence-corrected chi connectivity index (χ0v) is 33.1. The van der Waals surface area contributed by atoms with Gasteiger partial charge in [-0.2, -0.15) is 0 Å². The van der Waals surface area contributed by atoms with Crippen LogP contribution in [-0.2, 0) is 33.9 Å². The lowest BCUT2D eigenvalue weighted by Gasteiger charge is -2.36. The molecule has 302 valence electrons. The minimum Gasteiger partial charge on any atom is -0.444 e. The molecule has 5 rings (SSSR count). The van der Waals surface area contributed by atoms with E-state index in [9.17, 15) is 37.6 Å². The minimum absolute atomic E-state index is 0.0730. The summed E-state index contributed by atoms with van der Waals surface area (Å²) < 4.78 is 38.7. The molecule has 0 spiro atoms. The number of benzene rings is 2. The first-order chi connectivity index (χ1) is 26.2. The van der Waals surface area contributed by atoms with Gasteiger partial charge in [0.2, 0.25) is 21.8 Å². The van der Waals surface area contributed by atoms with Crippen molar-refractivity contribution in [2.24, 2.45) is 16.5 Å². The quantitative estimate of drug-likeness (QED) is 0.0898. The zero-order chi connectivity index (χ0) is 41.2. The third kappa shape index (κ3) is 9.67. The Hall–Kier alpha value is -5.45. The molecule has 2 aromatic rings. The van der Waals surface area contributed by atoms with E-state index in [0.29, 0.717) is 24.0 Å². The molecule has 1 heterocycles. The molecule has 3 aliphatic rings. The van der Waals surface area contributed by atoms with Crippen LogP contribution in [0.15, 0.2) is 72.4 Å². The van der Waals surface area contributed by atoms with Crippen LogP contribution in [0.2, 0.25) is 0 Å². The first-order valence-corrected chi connectivity index (χ1v) is 19.9. The van der Waals surface area contributed by atoms with Gasteiger partial charge in [0, 0.05) is 23.5 Å². The Morgan fingerprint density at radius 3 is 2.20 bits per heavy atom. The van der Waals surface area contributed by atoms with Crippen molar-refractivity contribution in [3.8, 4) is 0 Å². The number of alkyl carbamates (subject to hydrolysis) is 1. The molecule has 0 radical (unpaired) electrons. The number of hydrogen-bond donors (Lipinski definition) is 5. The number of likely N-dealkylation sites (tertiary alicyclic amines) is 1. The van der Waals surface area contributed by atoms with Crippen LogP contribution in [0.4, 0.5) is 15.3 Å². The van der Waals surface area contributed by atoms with Crippen molar-refractivity contribution < 1.29 is 47.1 Å². The highest BCUT2D eigenvalue weighted by Gasteiger charge is 2.62. The van der Waals surface area contributed by atoms with Gasteiger partial charge in [-0.15, -0.1) is 6.58 Å². The molecular weight excluding hydrogens is 745 g/mol. The van der Waals surface area contributed by atoms with Crippen molar-refractivity contribution in [3.63, 3.8) is 0 Å². The van der Waals surface area contributed by atoms with E-state index in [1.165, 1.54) is 11.0 Å². The van der Waals surface area contributed by atoms with E-state index in [1.54, 1.807) is 96.1 Å². The number of carbonyl (C=O) groups excluding carboxylic acids is 5. The van der Waals surface area contributed by atoms with Crippen LogP contribution in [0.1, 0.15) is 78.4 Å². The lowest BCUT2D eigenvalue weighted by Crippen LogP contribution is -2.60. The van der Waals surface area contributed by atoms with E-state index in [0.717, 1.165) is 0 Å². The number of para-hydroxylation sites is 1. The van der Waals surface area contributed by atoms with Gasteiger partial charge in [0.1, 0.15) is 35.0 Å². The number of anilines is 1. The standard InChI is InChI=1S/C39H50N6O10S/c1-8-24-21-39(24,34(48)44-56(52,53)26-18-19-26)42-32(46)29-20-25(22-45(29)33(47)31(37(2,3)4)41-36(50)55-38(5,6)7)54-35(49)40-28-17-13-12-16-27(28)30(43-51)23-14-10-9-11-15-23/h8-17,24-26,29,31,51H,1,18-22H2,2-7H3,(H,40,49)(H,41,50)(H,42,46)(H,44,48)/b43-30+/t24?,25-,29+,31-,39-/m1/s1. The second-order valence-electron chi connectivity index (χ2n) is 16.4. The minimum atomic E-state index is -3.95. The van der Waals surface area contributed by atoms with Crippen molar-refractivity contribution >= 4 is 51.3 Å². The van der Waals surface area contributed by atoms with Gasteiger partial charge in [-0.1, -0.05) is 80.5 Å². The Balaban J connectivity index is 1.40. The van der Waals surface area contributed by atoms with E-state index in [1.807, 2.05) is 0 Å². The maximum atomic E-state index is 14.4. The predicted octanol–water partition coefficient (Wildman–Crippen LogP) is 4.04. The number of hydrogen-bond acceptors (Lipinski definition) is 11. The molecule has 17 heteroatoms. The maximum Gasteiger partial charge on any atom is 0.411 e. The average molecular weight is 795 g/mol. The largest absolute Gasteiger partial charge is 0.444 e. The Kier molecular flexibility index (Phi) is 11.9. The molecule has 3 fully saturated rings. The Bertz CT molecular complexity index is 2000. The van der Waals surface area contributed by atoms with Gasteiger partial charge < -0.3 is 30.2 Å². The summed E-state index contributed by atoms with van der Waals surface area (Å²) in [4.78, 5) is 69.7. The molecule has 2 saturated carbocycles. The lowest BCUT2D eigenvalue weighted by molar-refractivity contribution is -0.143. The van der Waals surface area contributed by atoms with E-state index >= 15 is 0 Å². The molecule has 56 heavy (non-hydrogen) atoms. The van der Waals surface area contributed by atoms with Crippen molar-refractivity contribution in [1.82, 2.24) is 20.3 Å². The Morgan fingerprint density at radius 2 is 1.62 bits per heavy atom. The maximum absolute atomic E-state index is 14.4. The number of amides is 5. The van der Waals surface area contributed by atoms with Gasteiger partial charge in [-0.25, -0.2) is 18.0 Å². The van der Waals surface area contributed by atoms with Crippen LogP contribution in [0.3, 0.4) is 0 Å². The summed E-state index contributed by atoms with van der Waals surface area (Å²) in [5.74, 6) is -2.98. The van der Waals surface area contributed by atoms with Crippen molar-refractivity contribution in [2.75, 3.05) is 11.9 Å². The van der Waals surface area contributed by atoms with Crippen LogP contribution in [0, 0.1) is 11.3 Å². The summed E-state index contributed by atoms with van der Waals surface area (Å²) in [7, 11) is -3.95. The van der Waals surface area contributed by atoms with Crippen molar-refractivity contribution in [2.45, 2.75) is 102 Å². The molecule has 5 atom stereocenters. The highest BCUT2D eigenvalue weighted by Crippen LogP contribution is 2.45. The molecule has 1 saturated heterocycles. The second kappa shape index (κ2) is 16.0. The highest BCUT2D eigenvalue weighted by molar-refractivity contribution is 7.91. The fourth-order valence-corrected chi connectivity index (χ4v) is 7.95. The normalized spacial score (nSPS) is 22.9. The molecule has 1 unspecified atom stereocenters. The molecular formula is C39H50N6O10S. The summed E-state index contributed by atoms with van der Waals surface area (Å²) in [6.45, 7) is 13.6. The predicted molar refractivity (Wildman–Crippen MR) is 206 cm³/mol. The van der Waals surface area contributed by atoms with Crippen LogP contribution < -0.4 is 20.7 Å². The van der Waals surface area contributed by atoms with E-state index in [4.69, 9.17) is 9.47 Å². The topological polar surface area (TPSA) is 222 Å². The first kappa shape index (κ1) is 41.7. The van der Waals surface area contributed by atoms with Gasteiger partial charge >= 0.3 is 12.2 Å². The van der Waals surface area contributed by atoms with Crippen molar-refractivity contribution in [1.29, 1.82) is 0 Å². The van der Waals surface area contributed by atoms with Gasteiger partial charge in [0.15, 0.2) is 0 Å². The summed E-state index contributed by atoms with van der Waals surface area (Å²) in [6, 6.07) is 12.9. The molecule has 2 aliphatic carbocycles. The summed E-state index contributed by atoms with van der Waals surface area (Å²) >= 11 is 0. The number of nitrogens with zero attached hydrogens (tertiary/aromatic N) is 2. The smallest absolute Gasteiger partial charge is 0.411 e. The Labute approximate surface area is 326 Å². The molecule has 16 nitrogen and oxygen atoms in total. The van der Waals surface area contributed by atoms with Gasteiger partial charge in [-0.05, 0) is 51.5 Å². The number of carbonyl (C=O) groups is 5. The van der Waals surface area contributed by atoms with E-state index in [-0.39, 0.29) is 30.8 Å². The molecule has 0 bridgehead atoms. The van der Waals surface area contributed by atoms with Crippen molar-refractivity contribution in [3.05, 3.63) is 78.4 Å². The van der Waals surface area contributed by atoms with Crippen LogP contribution in [0.25, 0.3) is 0 Å². The van der Waals surface area contributed by atoms with Crippen LogP contribution in [0.5, 0.6) is 0 Å². The van der Waals surface area contributed by atoms with Gasteiger partial charge in [-0.3, -0.25) is 24.4 Å². The summed E-state index contributed by atoms with van der Waals surface area (Å²) in [5.41, 5.74) is -2.02. The summed E-state index contributed by atoms with van der Waals surface area (Å²) in [6.07, 6.45) is -0.708. The second-order valence-corrected chi connectivity index (χ2v) is 18.3. The number of rotatable bonds is 12. The average Bonchev–Trinajstić information content (AvgIpc) is 4.04. The fraction of sp³-hybridized carbons (Fsp3) is 0.487. The SMILES string of the molecule is C=CC1C[C@]1(NC(=O)[C@@H]1C[C@@H](OC(=O)Nc2ccccc2/C(=N/O)c2ccccc2)CN1C(=O)[C@@H](NC(=O)OC(C)(C)C)C(C)(C)C)C(=O)NS(=O)(=O)C1CC1. The number of sulfonamides is 1. The number of oxime groups is 1. The monoisotopic (exact) mass is 794 g/mol. The third-order valence-corrected chi connectivity index (χ3v) is 11.5. The lowest BCUT2D eigenvalue weighted by atomic mass is 9.85. The molecule has 1 aliphatic heterocycles. The molecule has 5 amide bonds. The third-order valence-electron chi connectivity index (χ3n) is 9.71. The van der Waals surface area contributed by atoms with Crippen LogP contribution in [-0.4, -0.2) is 95.3 Å². The van der Waals surface area contributed by atoms with Crippen LogP contribution >= 0.6 is 0 Å². The summed E-state index contributed by atoms with van der Waals surface area (Å²) in [5, 5.41) is 20.7. The molecule has 5 N–H and O–H groups in total. The van der Waals surface area contributed by atoms with Gasteiger partial charge in [0.05, 0.1) is 17.5 Å². The van der Waals surface area contributed by atoms with E-state index in [2.05, 4.69) is 32.4 Å². The number of nitrogens with one attached hydrogen (secondary N) is 4.